The van der Waals surface area contributed by atoms with Crippen LogP contribution in [0.1, 0.15) is 46.0 Å². The van der Waals surface area contributed by atoms with Crippen molar-refractivity contribution in [3.8, 4) is 0 Å². The van der Waals surface area contributed by atoms with E-state index in [0.717, 1.165) is 12.3 Å². The lowest BCUT2D eigenvalue weighted by molar-refractivity contribution is -0.143. The molecule has 2 saturated carbocycles. The number of nitrogens with zero attached hydrogens (tertiary/aromatic N) is 1. The lowest BCUT2D eigenvalue weighted by Crippen LogP contribution is -2.40. The van der Waals surface area contributed by atoms with Crippen LogP contribution in [0.2, 0.25) is 0 Å². The van der Waals surface area contributed by atoms with Crippen molar-refractivity contribution < 1.29 is 9.59 Å². The Balaban J connectivity index is 1.85. The first-order valence-corrected chi connectivity index (χ1v) is 6.88. The molecule has 1 spiro atoms. The van der Waals surface area contributed by atoms with Gasteiger partial charge in [0, 0.05) is 13.0 Å². The van der Waals surface area contributed by atoms with Gasteiger partial charge in [0.05, 0.1) is 5.41 Å². The summed E-state index contributed by atoms with van der Waals surface area (Å²) >= 11 is 0. The van der Waals surface area contributed by atoms with E-state index < -0.39 is 0 Å². The monoisotopic (exact) mass is 235 g/mol. The Morgan fingerprint density at radius 2 is 2.12 bits per heavy atom. The van der Waals surface area contributed by atoms with Crippen molar-refractivity contribution >= 4 is 11.8 Å². The number of carbonyl (C=O) groups is 2. The molecule has 2 bridgehead atoms. The average molecular weight is 235 g/mol. The first-order chi connectivity index (χ1) is 8.03. The standard InChI is InChI=1S/C14H21NO2/c1-9(2)8-15-12(16)7-14(13(15)17)6-10-3-4-11(14)5-10/h9-11H,3-8H2,1-2H3. The molecular formula is C14H21NO2. The zero-order chi connectivity index (χ0) is 12.2. The second kappa shape index (κ2) is 3.56. The van der Waals surface area contributed by atoms with Crippen molar-refractivity contribution in [3.63, 3.8) is 0 Å². The third-order valence-electron chi connectivity index (χ3n) is 4.96. The van der Waals surface area contributed by atoms with Gasteiger partial charge in [0.2, 0.25) is 11.8 Å². The molecule has 0 aromatic heterocycles. The van der Waals surface area contributed by atoms with Gasteiger partial charge in [-0.05, 0) is 37.0 Å². The van der Waals surface area contributed by atoms with E-state index in [4.69, 9.17) is 0 Å². The molecule has 3 rings (SSSR count). The molecule has 3 nitrogen and oxygen atoms in total. The highest BCUT2D eigenvalue weighted by atomic mass is 16.2. The first kappa shape index (κ1) is 11.2. The van der Waals surface area contributed by atoms with Gasteiger partial charge in [-0.1, -0.05) is 20.3 Å². The van der Waals surface area contributed by atoms with Crippen molar-refractivity contribution in [1.29, 1.82) is 0 Å². The van der Waals surface area contributed by atoms with E-state index in [-0.39, 0.29) is 17.2 Å². The Labute approximate surface area is 103 Å². The van der Waals surface area contributed by atoms with Gasteiger partial charge in [0.25, 0.3) is 0 Å². The minimum atomic E-state index is -0.269. The maximum atomic E-state index is 12.6. The Kier molecular flexibility index (Phi) is 2.36. The van der Waals surface area contributed by atoms with E-state index in [9.17, 15) is 9.59 Å². The van der Waals surface area contributed by atoms with E-state index in [0.29, 0.717) is 24.8 Å². The molecule has 94 valence electrons. The quantitative estimate of drug-likeness (QED) is 0.688. The van der Waals surface area contributed by atoms with Crippen LogP contribution in [-0.4, -0.2) is 23.3 Å². The van der Waals surface area contributed by atoms with Gasteiger partial charge in [0.15, 0.2) is 0 Å². The van der Waals surface area contributed by atoms with E-state index in [1.165, 1.54) is 19.3 Å². The molecule has 1 saturated heterocycles. The van der Waals surface area contributed by atoms with Crippen molar-refractivity contribution in [2.75, 3.05) is 6.54 Å². The van der Waals surface area contributed by atoms with Crippen LogP contribution in [0.25, 0.3) is 0 Å². The number of likely N-dealkylation sites (tertiary alicyclic amines) is 1. The van der Waals surface area contributed by atoms with Crippen molar-refractivity contribution in [2.45, 2.75) is 46.0 Å². The molecular weight excluding hydrogens is 214 g/mol. The highest BCUT2D eigenvalue weighted by Crippen LogP contribution is 2.60. The number of fused-ring (bicyclic) bond motifs is 3. The zero-order valence-electron chi connectivity index (χ0n) is 10.7. The van der Waals surface area contributed by atoms with Gasteiger partial charge < -0.3 is 0 Å². The zero-order valence-corrected chi connectivity index (χ0v) is 10.7. The summed E-state index contributed by atoms with van der Waals surface area (Å²) < 4.78 is 0. The summed E-state index contributed by atoms with van der Waals surface area (Å²) in [6.45, 7) is 4.73. The van der Waals surface area contributed by atoms with Gasteiger partial charge in [-0.15, -0.1) is 0 Å². The van der Waals surface area contributed by atoms with Crippen LogP contribution in [-0.2, 0) is 9.59 Å². The second-order valence-electron chi connectivity index (χ2n) is 6.62. The molecule has 0 radical (unpaired) electrons. The molecule has 2 amide bonds. The molecule has 0 N–H and O–H groups in total. The minimum Gasteiger partial charge on any atom is -0.282 e. The summed E-state index contributed by atoms with van der Waals surface area (Å²) in [7, 11) is 0. The fraction of sp³-hybridized carbons (Fsp3) is 0.857. The number of rotatable bonds is 2. The van der Waals surface area contributed by atoms with Crippen LogP contribution < -0.4 is 0 Å². The predicted molar refractivity (Wildman–Crippen MR) is 64.1 cm³/mol. The van der Waals surface area contributed by atoms with Crippen LogP contribution in [0.3, 0.4) is 0 Å². The number of hydrogen-bond donors (Lipinski definition) is 0. The normalized spacial score (nSPS) is 40.3. The third-order valence-corrected chi connectivity index (χ3v) is 4.96. The van der Waals surface area contributed by atoms with Gasteiger partial charge in [0.1, 0.15) is 0 Å². The van der Waals surface area contributed by atoms with Gasteiger partial charge >= 0.3 is 0 Å². The Morgan fingerprint density at radius 3 is 2.65 bits per heavy atom. The number of hydrogen-bond acceptors (Lipinski definition) is 2. The van der Waals surface area contributed by atoms with E-state index in [1.54, 1.807) is 4.90 Å². The van der Waals surface area contributed by atoms with Crippen molar-refractivity contribution in [1.82, 2.24) is 4.90 Å². The number of imide groups is 1. The molecule has 1 aliphatic heterocycles. The largest absolute Gasteiger partial charge is 0.282 e. The van der Waals surface area contributed by atoms with Crippen LogP contribution in [0.15, 0.2) is 0 Å². The second-order valence-corrected chi connectivity index (χ2v) is 6.62. The molecule has 17 heavy (non-hydrogen) atoms. The Hall–Kier alpha value is -0.860. The van der Waals surface area contributed by atoms with Crippen LogP contribution in [0, 0.1) is 23.2 Å². The molecule has 3 fully saturated rings. The number of carbonyl (C=O) groups excluding carboxylic acids is 2. The SMILES string of the molecule is CC(C)CN1C(=O)CC2(CC3CCC2C3)C1=O. The third kappa shape index (κ3) is 1.47. The van der Waals surface area contributed by atoms with Crippen molar-refractivity contribution in [2.24, 2.45) is 23.2 Å². The summed E-state index contributed by atoms with van der Waals surface area (Å²) in [6.07, 6.45) is 5.11. The number of amides is 2. The molecule has 3 aliphatic rings. The van der Waals surface area contributed by atoms with Gasteiger partial charge in [-0.2, -0.15) is 0 Å². The molecule has 1 heterocycles. The predicted octanol–water partition coefficient (Wildman–Crippen LogP) is 2.21. The fourth-order valence-corrected chi connectivity index (χ4v) is 4.30. The first-order valence-electron chi connectivity index (χ1n) is 6.88. The van der Waals surface area contributed by atoms with E-state index in [1.807, 2.05) is 0 Å². The topological polar surface area (TPSA) is 37.4 Å². The van der Waals surface area contributed by atoms with Crippen LogP contribution >= 0.6 is 0 Å². The van der Waals surface area contributed by atoms with E-state index >= 15 is 0 Å². The average Bonchev–Trinajstić information content (AvgIpc) is 2.89. The summed E-state index contributed by atoms with van der Waals surface area (Å²) in [6, 6.07) is 0. The molecule has 0 aromatic rings. The lowest BCUT2D eigenvalue weighted by atomic mass is 9.72. The Bertz CT molecular complexity index is 376. The summed E-state index contributed by atoms with van der Waals surface area (Å²) in [4.78, 5) is 26.2. The molecule has 3 atom stereocenters. The maximum Gasteiger partial charge on any atom is 0.236 e. The van der Waals surface area contributed by atoms with Gasteiger partial charge in [-0.25, -0.2) is 0 Å². The molecule has 2 aliphatic carbocycles. The van der Waals surface area contributed by atoms with Crippen LogP contribution in [0.4, 0.5) is 0 Å². The van der Waals surface area contributed by atoms with Crippen LogP contribution in [0.5, 0.6) is 0 Å². The summed E-state index contributed by atoms with van der Waals surface area (Å²) in [5.74, 6) is 1.83. The summed E-state index contributed by atoms with van der Waals surface area (Å²) in [5.41, 5.74) is -0.269. The molecule has 0 aromatic carbocycles. The van der Waals surface area contributed by atoms with Crippen molar-refractivity contribution in [3.05, 3.63) is 0 Å². The lowest BCUT2D eigenvalue weighted by Gasteiger charge is -2.31. The molecule has 3 heteroatoms. The smallest absolute Gasteiger partial charge is 0.236 e. The minimum absolute atomic E-state index is 0.0799. The fourth-order valence-electron chi connectivity index (χ4n) is 4.30. The highest BCUT2D eigenvalue weighted by molar-refractivity contribution is 6.06. The van der Waals surface area contributed by atoms with E-state index in [2.05, 4.69) is 13.8 Å². The maximum absolute atomic E-state index is 12.6. The highest BCUT2D eigenvalue weighted by Gasteiger charge is 2.61. The summed E-state index contributed by atoms with van der Waals surface area (Å²) in [5, 5.41) is 0. The Morgan fingerprint density at radius 1 is 1.35 bits per heavy atom. The molecule has 3 unspecified atom stereocenters. The van der Waals surface area contributed by atoms with Gasteiger partial charge in [-0.3, -0.25) is 14.5 Å².